The van der Waals surface area contributed by atoms with Gasteiger partial charge in [0.15, 0.2) is 5.78 Å². The van der Waals surface area contributed by atoms with Crippen LogP contribution in [0.25, 0.3) is 0 Å². The highest BCUT2D eigenvalue weighted by molar-refractivity contribution is 5.98. The van der Waals surface area contributed by atoms with Gasteiger partial charge in [-0.05, 0) is 32.0 Å². The summed E-state index contributed by atoms with van der Waals surface area (Å²) in [5.74, 6) is -1.01. The Bertz CT molecular complexity index is 489. The van der Waals surface area contributed by atoms with E-state index in [1.54, 1.807) is 6.07 Å². The fraction of sp³-hybridized carbons (Fsp3) is 0.286. The molecule has 0 unspecified atom stereocenters. The first-order chi connectivity index (χ1) is 8.41. The van der Waals surface area contributed by atoms with E-state index in [2.05, 4.69) is 6.58 Å². The largest absolute Gasteiger partial charge is 0.492 e. The van der Waals surface area contributed by atoms with Crippen molar-refractivity contribution in [3.8, 4) is 5.75 Å². The van der Waals surface area contributed by atoms with Crippen molar-refractivity contribution in [1.82, 2.24) is 0 Å². The quantitative estimate of drug-likeness (QED) is 0.621. The summed E-state index contributed by atoms with van der Waals surface area (Å²) in [5, 5.41) is 9.07. The molecule has 0 aliphatic heterocycles. The van der Waals surface area contributed by atoms with Crippen molar-refractivity contribution in [3.05, 3.63) is 41.5 Å². The number of ketones is 1. The van der Waals surface area contributed by atoms with Crippen molar-refractivity contribution < 1.29 is 19.4 Å². The lowest BCUT2D eigenvalue weighted by Gasteiger charge is -2.10. The van der Waals surface area contributed by atoms with Crippen molar-refractivity contribution in [3.63, 3.8) is 0 Å². The van der Waals surface area contributed by atoms with Gasteiger partial charge in [0.25, 0.3) is 0 Å². The number of hydrogen-bond donors (Lipinski definition) is 1. The Balaban J connectivity index is 2.93. The molecule has 0 bridgehead atoms. The van der Waals surface area contributed by atoms with Gasteiger partial charge in [0, 0.05) is 12.0 Å². The lowest BCUT2D eigenvalue weighted by Crippen LogP contribution is -2.06. The highest BCUT2D eigenvalue weighted by Crippen LogP contribution is 2.21. The Hall–Kier alpha value is -2.10. The Kier molecular flexibility index (Phi) is 4.66. The molecule has 0 saturated carbocycles. The van der Waals surface area contributed by atoms with Crippen LogP contribution in [-0.2, 0) is 0 Å². The molecule has 1 aromatic carbocycles. The fourth-order valence-corrected chi connectivity index (χ4v) is 1.38. The zero-order chi connectivity index (χ0) is 13.7. The maximum Gasteiger partial charge on any atom is 0.339 e. The summed E-state index contributed by atoms with van der Waals surface area (Å²) < 4.78 is 5.39. The minimum atomic E-state index is -1.11. The second-order valence-electron chi connectivity index (χ2n) is 4.13. The van der Waals surface area contributed by atoms with E-state index in [4.69, 9.17) is 9.84 Å². The Morgan fingerprint density at radius 3 is 2.50 bits per heavy atom. The standard InChI is InChI=1S/C14H16O4/c1-9(2)6-7-18-13-5-4-11(10(3)15)8-12(13)14(16)17/h4-5,8H,1,6-7H2,2-3H3,(H,16,17). The minimum absolute atomic E-state index is 0.00409. The van der Waals surface area contributed by atoms with Gasteiger partial charge in [-0.1, -0.05) is 5.57 Å². The summed E-state index contributed by atoms with van der Waals surface area (Å²) in [7, 11) is 0. The second kappa shape index (κ2) is 6.00. The number of aromatic carboxylic acids is 1. The molecule has 0 aliphatic carbocycles. The van der Waals surface area contributed by atoms with Gasteiger partial charge in [-0.25, -0.2) is 4.79 Å². The van der Waals surface area contributed by atoms with Crippen molar-refractivity contribution in [2.75, 3.05) is 6.61 Å². The summed E-state index contributed by atoms with van der Waals surface area (Å²) >= 11 is 0. The zero-order valence-electron chi connectivity index (χ0n) is 10.5. The molecule has 4 nitrogen and oxygen atoms in total. The Labute approximate surface area is 106 Å². The number of carboxylic acids is 1. The molecule has 0 spiro atoms. The van der Waals surface area contributed by atoms with E-state index in [9.17, 15) is 9.59 Å². The molecule has 18 heavy (non-hydrogen) atoms. The van der Waals surface area contributed by atoms with Gasteiger partial charge in [-0.2, -0.15) is 0 Å². The van der Waals surface area contributed by atoms with E-state index in [0.717, 1.165) is 5.57 Å². The van der Waals surface area contributed by atoms with E-state index in [0.29, 0.717) is 18.6 Å². The molecule has 0 atom stereocenters. The molecule has 1 N–H and O–H groups in total. The number of hydrogen-bond acceptors (Lipinski definition) is 3. The summed E-state index contributed by atoms with van der Waals surface area (Å²) in [6.45, 7) is 7.38. The van der Waals surface area contributed by atoms with Crippen LogP contribution in [0.4, 0.5) is 0 Å². The van der Waals surface area contributed by atoms with Gasteiger partial charge in [0.05, 0.1) is 6.61 Å². The molecule has 0 saturated heterocycles. The van der Waals surface area contributed by atoms with Crippen LogP contribution in [0, 0.1) is 0 Å². The molecule has 1 rings (SSSR count). The molecule has 1 aromatic rings. The fourth-order valence-electron chi connectivity index (χ4n) is 1.38. The average molecular weight is 248 g/mol. The third kappa shape index (κ3) is 3.73. The van der Waals surface area contributed by atoms with Gasteiger partial charge >= 0.3 is 5.97 Å². The first-order valence-electron chi connectivity index (χ1n) is 5.57. The molecule has 4 heteroatoms. The lowest BCUT2D eigenvalue weighted by atomic mass is 10.1. The number of ether oxygens (including phenoxy) is 1. The van der Waals surface area contributed by atoms with E-state index in [1.807, 2.05) is 6.92 Å². The SMILES string of the molecule is C=C(C)CCOc1ccc(C(C)=O)cc1C(=O)O. The normalized spacial score (nSPS) is 9.89. The van der Waals surface area contributed by atoms with Crippen LogP contribution in [0.1, 0.15) is 41.0 Å². The van der Waals surface area contributed by atoms with Crippen LogP contribution in [-0.4, -0.2) is 23.5 Å². The predicted molar refractivity (Wildman–Crippen MR) is 68.3 cm³/mol. The summed E-state index contributed by atoms with van der Waals surface area (Å²) in [6.07, 6.45) is 0.660. The van der Waals surface area contributed by atoms with Gasteiger partial charge in [-0.3, -0.25) is 4.79 Å². The van der Waals surface area contributed by atoms with Crippen LogP contribution in [0.3, 0.4) is 0 Å². The molecule has 96 valence electrons. The Morgan fingerprint density at radius 2 is 2.00 bits per heavy atom. The van der Waals surface area contributed by atoms with E-state index >= 15 is 0 Å². The molecule has 0 aliphatic rings. The highest BCUT2D eigenvalue weighted by atomic mass is 16.5. The highest BCUT2D eigenvalue weighted by Gasteiger charge is 2.13. The van der Waals surface area contributed by atoms with Gasteiger partial charge < -0.3 is 9.84 Å². The van der Waals surface area contributed by atoms with Crippen molar-refractivity contribution >= 4 is 11.8 Å². The van der Waals surface area contributed by atoms with Gasteiger partial charge in [0.2, 0.25) is 0 Å². The molecule has 0 fully saturated rings. The number of rotatable bonds is 6. The molecule has 0 heterocycles. The predicted octanol–water partition coefficient (Wildman–Crippen LogP) is 2.93. The van der Waals surface area contributed by atoms with E-state index < -0.39 is 5.97 Å². The number of Topliss-reactive ketones (excluding diaryl/α,β-unsaturated/α-hetero) is 1. The first-order valence-corrected chi connectivity index (χ1v) is 5.57. The molecule has 0 radical (unpaired) electrons. The van der Waals surface area contributed by atoms with Crippen molar-refractivity contribution in [1.29, 1.82) is 0 Å². The number of carbonyl (C=O) groups is 2. The molecule has 0 amide bonds. The maximum atomic E-state index is 11.2. The number of carboxylic acid groups (broad SMARTS) is 1. The van der Waals surface area contributed by atoms with E-state index in [-0.39, 0.29) is 17.1 Å². The summed E-state index contributed by atoms with van der Waals surface area (Å²) in [4.78, 5) is 22.3. The molecule has 0 aromatic heterocycles. The van der Waals surface area contributed by atoms with Gasteiger partial charge in [-0.15, -0.1) is 6.58 Å². The van der Waals surface area contributed by atoms with Crippen LogP contribution in [0.15, 0.2) is 30.4 Å². The van der Waals surface area contributed by atoms with E-state index in [1.165, 1.54) is 19.1 Å². The van der Waals surface area contributed by atoms with Crippen molar-refractivity contribution in [2.24, 2.45) is 0 Å². The summed E-state index contributed by atoms with van der Waals surface area (Å²) in [5.41, 5.74) is 1.33. The van der Waals surface area contributed by atoms with Crippen LogP contribution < -0.4 is 4.74 Å². The molecular weight excluding hydrogens is 232 g/mol. The summed E-state index contributed by atoms with van der Waals surface area (Å²) in [6, 6.07) is 4.41. The van der Waals surface area contributed by atoms with Crippen LogP contribution >= 0.6 is 0 Å². The minimum Gasteiger partial charge on any atom is -0.492 e. The zero-order valence-corrected chi connectivity index (χ0v) is 10.5. The van der Waals surface area contributed by atoms with Gasteiger partial charge in [0.1, 0.15) is 11.3 Å². The molecular formula is C14H16O4. The van der Waals surface area contributed by atoms with Crippen LogP contribution in [0.5, 0.6) is 5.75 Å². The third-order valence-electron chi connectivity index (χ3n) is 2.40. The average Bonchev–Trinajstić information content (AvgIpc) is 2.28. The Morgan fingerprint density at radius 1 is 1.33 bits per heavy atom. The number of benzene rings is 1. The smallest absolute Gasteiger partial charge is 0.339 e. The second-order valence-corrected chi connectivity index (χ2v) is 4.13. The van der Waals surface area contributed by atoms with Crippen LogP contribution in [0.2, 0.25) is 0 Å². The first kappa shape index (κ1) is 14.0. The maximum absolute atomic E-state index is 11.2. The topological polar surface area (TPSA) is 63.6 Å². The number of carbonyl (C=O) groups excluding carboxylic acids is 1. The monoisotopic (exact) mass is 248 g/mol. The third-order valence-corrected chi connectivity index (χ3v) is 2.40. The lowest BCUT2D eigenvalue weighted by molar-refractivity contribution is 0.0692. The van der Waals surface area contributed by atoms with Crippen molar-refractivity contribution in [2.45, 2.75) is 20.3 Å².